The first-order valence-corrected chi connectivity index (χ1v) is 5.06. The van der Waals surface area contributed by atoms with E-state index in [4.69, 9.17) is 5.11 Å². The van der Waals surface area contributed by atoms with Gasteiger partial charge in [0.1, 0.15) is 0 Å². The second-order valence-corrected chi connectivity index (χ2v) is 3.47. The van der Waals surface area contributed by atoms with Crippen LogP contribution in [0.2, 0.25) is 0 Å². The third-order valence-electron chi connectivity index (χ3n) is 2.66. The molecule has 0 saturated carbocycles. The molecule has 19 heavy (non-hydrogen) atoms. The Bertz CT molecular complexity index is 333. The van der Waals surface area contributed by atoms with Crippen molar-refractivity contribution in [3.8, 4) is 0 Å². The van der Waals surface area contributed by atoms with Crippen LogP contribution >= 0.6 is 0 Å². The summed E-state index contributed by atoms with van der Waals surface area (Å²) in [6.45, 7) is 4.99. The number of aliphatic hydroxyl groups is 1. The Morgan fingerprint density at radius 3 is 1.89 bits per heavy atom. The summed E-state index contributed by atoms with van der Waals surface area (Å²) in [5.41, 5.74) is 2.52. The van der Waals surface area contributed by atoms with E-state index in [0.717, 1.165) is 13.2 Å². The lowest BCUT2D eigenvalue weighted by molar-refractivity contribution is 0.302. The molecule has 1 heterocycles. The maximum Gasteiger partial charge on any atom is 0.0905 e. The molecule has 1 aromatic carbocycles. The Morgan fingerprint density at radius 2 is 1.47 bits per heavy atom. The zero-order valence-electron chi connectivity index (χ0n) is 10.1. The lowest BCUT2D eigenvalue weighted by Crippen LogP contribution is -2.32. The fourth-order valence-electron chi connectivity index (χ4n) is 1.94. The number of aliphatic hydroxyl groups excluding tert-OH is 1. The molecule has 2 rings (SSSR count). The number of benzene rings is 1. The van der Waals surface area contributed by atoms with Crippen molar-refractivity contribution in [2.75, 3.05) is 36.2 Å². The quantitative estimate of drug-likeness (QED) is 0.655. The topological polar surface area (TPSA) is 26.7 Å². The van der Waals surface area contributed by atoms with Crippen molar-refractivity contribution in [1.29, 1.82) is 0 Å². The first kappa shape index (κ1) is 26.2. The van der Waals surface area contributed by atoms with Crippen LogP contribution in [0.25, 0.3) is 0 Å². The van der Waals surface area contributed by atoms with Crippen molar-refractivity contribution >= 4 is 19.8 Å². The van der Waals surface area contributed by atoms with Crippen LogP contribution in [-0.2, 0) is 0 Å². The number of halogens is 4. The van der Waals surface area contributed by atoms with E-state index in [1.807, 2.05) is 6.07 Å². The fraction of sp³-hybridized carbons (Fsp3) is 0.455. The number of hydrogen-bond acceptors (Lipinski definition) is 3. The summed E-state index contributed by atoms with van der Waals surface area (Å²) in [4.78, 5) is 4.52. The van der Waals surface area contributed by atoms with E-state index in [1.165, 1.54) is 11.4 Å². The predicted molar refractivity (Wildman–Crippen MR) is 78.7 cm³/mol. The smallest absolute Gasteiger partial charge is 0.0905 e. The zero-order valence-corrected chi connectivity index (χ0v) is 10.1. The minimum Gasteiger partial charge on any atom is -0.395 e. The van der Waals surface area contributed by atoms with Gasteiger partial charge in [-0.1, -0.05) is 12.1 Å². The predicted octanol–water partition coefficient (Wildman–Crippen LogP) is 0.709. The molecule has 8 heteroatoms. The zero-order chi connectivity index (χ0) is 9.97. The summed E-state index contributed by atoms with van der Waals surface area (Å²) in [6.07, 6.45) is 0. The van der Waals surface area contributed by atoms with Gasteiger partial charge in [-0.2, -0.15) is 0 Å². The third kappa shape index (κ3) is 4.98. The van der Waals surface area contributed by atoms with Gasteiger partial charge in [0.15, 0.2) is 0 Å². The van der Waals surface area contributed by atoms with Gasteiger partial charge in [-0.3, -0.25) is 18.8 Å². The molecule has 3 nitrogen and oxygen atoms in total. The van der Waals surface area contributed by atoms with E-state index in [-0.39, 0.29) is 33.8 Å². The number of nitrogens with zero attached hydrogens (tertiary/aromatic N) is 2. The number of anilines is 2. The van der Waals surface area contributed by atoms with Crippen LogP contribution < -0.4 is 9.80 Å². The van der Waals surface area contributed by atoms with E-state index in [9.17, 15) is 0 Å². The maximum absolute atomic E-state index is 8.95. The monoisotopic (exact) mass is 286 g/mol. The molecule has 1 N–H and O–H groups in total. The highest BCUT2D eigenvalue weighted by Crippen LogP contribution is 2.34. The highest BCUT2D eigenvalue weighted by Gasteiger charge is 2.22. The van der Waals surface area contributed by atoms with Crippen molar-refractivity contribution < 1.29 is 23.9 Å². The molecular weight excluding hydrogens is 263 g/mol. The highest BCUT2D eigenvalue weighted by atomic mass is 19.0. The van der Waals surface area contributed by atoms with Gasteiger partial charge in [0, 0.05) is 13.1 Å². The van der Waals surface area contributed by atoms with Gasteiger partial charge in [0.2, 0.25) is 0 Å². The summed E-state index contributed by atoms with van der Waals surface area (Å²) < 4.78 is 0. The lowest BCUT2D eigenvalue weighted by Gasteiger charge is -2.19. The number of para-hydroxylation sites is 2. The molecule has 0 amide bonds. The molecule has 1 aromatic rings. The molecule has 0 radical (unpaired) electrons. The Kier molecular flexibility index (Phi) is 16.1. The maximum atomic E-state index is 8.95. The Balaban J connectivity index is -0.000000225. The first-order chi connectivity index (χ1) is 6.86. The van der Waals surface area contributed by atoms with Gasteiger partial charge < -0.3 is 14.9 Å². The fourth-order valence-corrected chi connectivity index (χ4v) is 1.94. The van der Waals surface area contributed by atoms with E-state index >= 15 is 0 Å². The Hall–Kier alpha value is -1.44. The van der Waals surface area contributed by atoms with Crippen LogP contribution in [-0.4, -0.2) is 39.9 Å². The number of rotatable bonds is 3. The van der Waals surface area contributed by atoms with Gasteiger partial charge in [-0.25, -0.2) is 0 Å². The van der Waals surface area contributed by atoms with E-state index < -0.39 is 0 Å². The van der Waals surface area contributed by atoms with Crippen LogP contribution in [0.15, 0.2) is 24.3 Å². The minimum atomic E-state index is 0. The van der Waals surface area contributed by atoms with Crippen LogP contribution in [0, 0.1) is 0 Å². The van der Waals surface area contributed by atoms with Gasteiger partial charge in [0.25, 0.3) is 0 Å². The van der Waals surface area contributed by atoms with Crippen LogP contribution in [0.5, 0.6) is 0 Å². The first-order valence-electron chi connectivity index (χ1n) is 5.06. The SMILES string of the molecule is B.CCN1CN(CCO)c2ccccc21.F.F.F.F. The summed E-state index contributed by atoms with van der Waals surface area (Å²) >= 11 is 0. The largest absolute Gasteiger partial charge is 0.395 e. The lowest BCUT2D eigenvalue weighted by atomic mass is 10.2. The van der Waals surface area contributed by atoms with Crippen LogP contribution in [0.1, 0.15) is 6.92 Å². The second-order valence-electron chi connectivity index (χ2n) is 3.47. The van der Waals surface area contributed by atoms with Crippen molar-refractivity contribution in [2.45, 2.75) is 6.92 Å². The summed E-state index contributed by atoms with van der Waals surface area (Å²) in [5, 5.41) is 8.95. The molecule has 0 bridgehead atoms. The second kappa shape index (κ2) is 11.6. The molecule has 0 fully saturated rings. The molecular formula is C11H23BF4N2O. The van der Waals surface area contributed by atoms with Gasteiger partial charge in [-0.15, -0.1) is 0 Å². The Labute approximate surface area is 112 Å². The number of β-amino-alcohol motifs (C(OH)–C–C–N with tert-alkyl or cyclic N) is 1. The van der Waals surface area contributed by atoms with Gasteiger partial charge in [-0.05, 0) is 19.1 Å². The van der Waals surface area contributed by atoms with Crippen LogP contribution in [0.3, 0.4) is 0 Å². The molecule has 0 spiro atoms. The van der Waals surface area contributed by atoms with E-state index in [0.29, 0.717) is 6.54 Å². The van der Waals surface area contributed by atoms with Crippen LogP contribution in [0.4, 0.5) is 30.2 Å². The molecule has 1 aliphatic heterocycles. The normalized spacial score (nSPS) is 10.8. The standard InChI is InChI=1S/C11H16N2O.BH3.4FH/c1-2-12-9-13(7-8-14)11-6-4-3-5-10(11)12;;;;;/h3-6,14H,2,7-9H2,1H3;1H3;4*1H. The molecule has 0 atom stereocenters. The summed E-state index contributed by atoms with van der Waals surface area (Å²) in [6, 6.07) is 8.35. The van der Waals surface area contributed by atoms with Crippen molar-refractivity contribution in [3.63, 3.8) is 0 Å². The molecule has 1 aliphatic rings. The number of hydrogen-bond donors (Lipinski definition) is 1. The van der Waals surface area contributed by atoms with Crippen molar-refractivity contribution in [2.24, 2.45) is 0 Å². The van der Waals surface area contributed by atoms with E-state index in [2.05, 4.69) is 34.9 Å². The minimum absolute atomic E-state index is 0. The van der Waals surface area contributed by atoms with Crippen molar-refractivity contribution in [3.05, 3.63) is 24.3 Å². The molecule has 0 saturated heterocycles. The third-order valence-corrected chi connectivity index (χ3v) is 2.66. The Morgan fingerprint density at radius 1 is 1.00 bits per heavy atom. The molecule has 0 unspecified atom stereocenters. The molecule has 0 aromatic heterocycles. The average molecular weight is 286 g/mol. The van der Waals surface area contributed by atoms with Crippen molar-refractivity contribution in [1.82, 2.24) is 0 Å². The highest BCUT2D eigenvalue weighted by molar-refractivity contribution is 5.76. The summed E-state index contributed by atoms with van der Waals surface area (Å²) in [5.74, 6) is 0. The molecule has 114 valence electrons. The van der Waals surface area contributed by atoms with Gasteiger partial charge >= 0.3 is 0 Å². The average Bonchev–Trinajstić information content (AvgIpc) is 2.58. The molecule has 0 aliphatic carbocycles. The summed E-state index contributed by atoms with van der Waals surface area (Å²) in [7, 11) is 0. The van der Waals surface area contributed by atoms with Gasteiger partial charge in [0.05, 0.1) is 33.1 Å². The van der Waals surface area contributed by atoms with E-state index in [1.54, 1.807) is 0 Å². The number of fused-ring (bicyclic) bond motifs is 1.